The van der Waals surface area contributed by atoms with Gasteiger partial charge < -0.3 is 20.9 Å². The van der Waals surface area contributed by atoms with E-state index in [-0.39, 0.29) is 17.7 Å². The van der Waals surface area contributed by atoms with E-state index in [2.05, 4.69) is 39.1 Å². The fraction of sp³-hybridized carbons (Fsp3) is 0.571. The van der Waals surface area contributed by atoms with Gasteiger partial charge in [0.1, 0.15) is 0 Å². The Kier molecular flexibility index (Phi) is 7.28. The minimum absolute atomic E-state index is 0.164. The van der Waals surface area contributed by atoms with Crippen molar-refractivity contribution in [2.45, 2.75) is 45.7 Å². The fourth-order valence-electron chi connectivity index (χ4n) is 3.29. The third-order valence-corrected chi connectivity index (χ3v) is 4.96. The third kappa shape index (κ3) is 6.25. The number of hydrogen-bond donors (Lipinski definition) is 3. The number of nitrogens with one attached hydrogen (secondary N) is 3. The maximum Gasteiger partial charge on any atom is 0.223 e. The van der Waals surface area contributed by atoms with Crippen LogP contribution in [0.5, 0.6) is 0 Å². The molecule has 1 aromatic carbocycles. The molecule has 0 atom stereocenters. The number of rotatable bonds is 9. The molecular weight excluding hydrogens is 354 g/mol. The predicted octanol–water partition coefficient (Wildman–Crippen LogP) is 1.39. The number of benzene rings is 1. The Balaban J connectivity index is 1.48. The molecule has 152 valence electrons. The van der Waals surface area contributed by atoms with E-state index in [1.807, 2.05) is 17.9 Å². The van der Waals surface area contributed by atoms with Crippen molar-refractivity contribution in [1.29, 1.82) is 0 Å². The van der Waals surface area contributed by atoms with Gasteiger partial charge in [0, 0.05) is 45.1 Å². The van der Waals surface area contributed by atoms with E-state index in [1.54, 1.807) is 0 Å². The zero-order valence-corrected chi connectivity index (χ0v) is 16.7. The van der Waals surface area contributed by atoms with Crippen molar-refractivity contribution in [3.05, 3.63) is 35.4 Å². The van der Waals surface area contributed by atoms with Gasteiger partial charge in [-0.05, 0) is 37.3 Å². The molecule has 0 unspecified atom stereocenters. The standard InChI is InChI=1S/C21H31N5O2/c1-2-22-21(24-11-10-23-20(28)18-8-9-18)25-14-16-5-3-6-17(13-16)15-26-12-4-7-19(26)27/h3,5-6,13,18H,2,4,7-12,14-15H2,1H3,(H,23,28)(H2,22,24,25). The van der Waals surface area contributed by atoms with E-state index in [1.165, 1.54) is 0 Å². The lowest BCUT2D eigenvalue weighted by Gasteiger charge is -2.16. The van der Waals surface area contributed by atoms with E-state index in [4.69, 9.17) is 0 Å². The number of hydrogen-bond acceptors (Lipinski definition) is 3. The predicted molar refractivity (Wildman–Crippen MR) is 110 cm³/mol. The Morgan fingerprint density at radius 3 is 2.68 bits per heavy atom. The fourth-order valence-corrected chi connectivity index (χ4v) is 3.29. The van der Waals surface area contributed by atoms with Gasteiger partial charge in [-0.1, -0.05) is 24.3 Å². The van der Waals surface area contributed by atoms with Crippen molar-refractivity contribution in [2.24, 2.45) is 10.9 Å². The summed E-state index contributed by atoms with van der Waals surface area (Å²) in [6, 6.07) is 8.26. The number of guanidine groups is 1. The summed E-state index contributed by atoms with van der Waals surface area (Å²) in [5.74, 6) is 1.39. The number of nitrogens with zero attached hydrogens (tertiary/aromatic N) is 2. The van der Waals surface area contributed by atoms with E-state index < -0.39 is 0 Å². The van der Waals surface area contributed by atoms with Crippen LogP contribution in [0.4, 0.5) is 0 Å². The highest BCUT2D eigenvalue weighted by Crippen LogP contribution is 2.28. The largest absolute Gasteiger partial charge is 0.357 e. The molecule has 0 spiro atoms. The van der Waals surface area contributed by atoms with Crippen LogP contribution in [0.2, 0.25) is 0 Å². The first-order valence-electron chi connectivity index (χ1n) is 10.3. The molecule has 28 heavy (non-hydrogen) atoms. The van der Waals surface area contributed by atoms with Crippen LogP contribution in [0.25, 0.3) is 0 Å². The van der Waals surface area contributed by atoms with Crippen LogP contribution >= 0.6 is 0 Å². The Hall–Kier alpha value is -2.57. The normalized spacial score (nSPS) is 17.0. The highest BCUT2D eigenvalue weighted by atomic mass is 16.2. The molecule has 1 heterocycles. The molecule has 1 saturated heterocycles. The van der Waals surface area contributed by atoms with Crippen LogP contribution in [0, 0.1) is 5.92 Å². The molecule has 1 aromatic rings. The summed E-state index contributed by atoms with van der Waals surface area (Å²) in [5, 5.41) is 9.43. The van der Waals surface area contributed by atoms with Crippen molar-refractivity contribution >= 4 is 17.8 Å². The Morgan fingerprint density at radius 2 is 1.96 bits per heavy atom. The summed E-state index contributed by atoms with van der Waals surface area (Å²) >= 11 is 0. The molecule has 1 aliphatic heterocycles. The maximum absolute atomic E-state index is 11.8. The van der Waals surface area contributed by atoms with Gasteiger partial charge in [0.05, 0.1) is 6.54 Å². The van der Waals surface area contributed by atoms with Gasteiger partial charge in [-0.2, -0.15) is 0 Å². The first-order valence-corrected chi connectivity index (χ1v) is 10.3. The van der Waals surface area contributed by atoms with Crippen molar-refractivity contribution in [1.82, 2.24) is 20.9 Å². The first-order chi connectivity index (χ1) is 13.7. The van der Waals surface area contributed by atoms with Crippen LogP contribution in [0.15, 0.2) is 29.3 Å². The molecule has 2 fully saturated rings. The zero-order chi connectivity index (χ0) is 19.8. The summed E-state index contributed by atoms with van der Waals surface area (Å²) in [6.07, 6.45) is 3.67. The lowest BCUT2D eigenvalue weighted by Crippen LogP contribution is -2.41. The lowest BCUT2D eigenvalue weighted by atomic mass is 10.1. The van der Waals surface area contributed by atoms with Crippen molar-refractivity contribution in [2.75, 3.05) is 26.2 Å². The minimum Gasteiger partial charge on any atom is -0.357 e. The smallest absolute Gasteiger partial charge is 0.223 e. The zero-order valence-electron chi connectivity index (χ0n) is 16.7. The summed E-state index contributed by atoms with van der Waals surface area (Å²) in [6.45, 7) is 6.13. The molecule has 7 heteroatoms. The van der Waals surface area contributed by atoms with Gasteiger partial charge >= 0.3 is 0 Å². The molecule has 2 aliphatic rings. The Bertz CT molecular complexity index is 715. The molecule has 7 nitrogen and oxygen atoms in total. The SMILES string of the molecule is CCNC(=NCc1cccc(CN2CCCC2=O)c1)NCCNC(=O)C1CC1. The Labute approximate surface area is 167 Å². The van der Waals surface area contributed by atoms with Crippen molar-refractivity contribution in [3.8, 4) is 0 Å². The minimum atomic E-state index is 0.164. The van der Waals surface area contributed by atoms with Crippen molar-refractivity contribution in [3.63, 3.8) is 0 Å². The third-order valence-electron chi connectivity index (χ3n) is 4.96. The number of aliphatic imine (C=N–C) groups is 1. The average molecular weight is 386 g/mol. The number of likely N-dealkylation sites (tertiary alicyclic amines) is 1. The second kappa shape index (κ2) is 10.1. The highest BCUT2D eigenvalue weighted by molar-refractivity contribution is 5.81. The van der Waals surface area contributed by atoms with E-state index in [0.29, 0.717) is 32.6 Å². The first kappa shape index (κ1) is 20.2. The second-order valence-corrected chi connectivity index (χ2v) is 7.43. The summed E-state index contributed by atoms with van der Waals surface area (Å²) in [4.78, 5) is 30.0. The molecule has 0 radical (unpaired) electrons. The molecule has 1 saturated carbocycles. The molecule has 0 bridgehead atoms. The van der Waals surface area contributed by atoms with Gasteiger partial charge in [-0.3, -0.25) is 9.59 Å². The monoisotopic (exact) mass is 385 g/mol. The van der Waals surface area contributed by atoms with Gasteiger partial charge in [0.15, 0.2) is 5.96 Å². The van der Waals surface area contributed by atoms with E-state index in [9.17, 15) is 9.59 Å². The van der Waals surface area contributed by atoms with Gasteiger partial charge in [-0.25, -0.2) is 4.99 Å². The van der Waals surface area contributed by atoms with Crippen LogP contribution in [0.3, 0.4) is 0 Å². The molecular formula is C21H31N5O2. The lowest BCUT2D eigenvalue weighted by molar-refractivity contribution is -0.128. The van der Waals surface area contributed by atoms with Gasteiger partial charge in [-0.15, -0.1) is 0 Å². The van der Waals surface area contributed by atoms with Crippen LogP contribution < -0.4 is 16.0 Å². The van der Waals surface area contributed by atoms with Gasteiger partial charge in [0.2, 0.25) is 11.8 Å². The highest BCUT2D eigenvalue weighted by Gasteiger charge is 2.28. The topological polar surface area (TPSA) is 85.8 Å². The quantitative estimate of drug-likeness (QED) is 0.341. The summed E-state index contributed by atoms with van der Waals surface area (Å²) in [7, 11) is 0. The molecule has 0 aromatic heterocycles. The number of carbonyl (C=O) groups is 2. The van der Waals surface area contributed by atoms with Crippen LogP contribution in [0.1, 0.15) is 43.7 Å². The number of amides is 2. The second-order valence-electron chi connectivity index (χ2n) is 7.43. The van der Waals surface area contributed by atoms with Crippen LogP contribution in [-0.4, -0.2) is 48.9 Å². The number of carbonyl (C=O) groups excluding carboxylic acids is 2. The van der Waals surface area contributed by atoms with E-state index >= 15 is 0 Å². The summed E-state index contributed by atoms with van der Waals surface area (Å²) < 4.78 is 0. The van der Waals surface area contributed by atoms with Crippen LogP contribution in [-0.2, 0) is 22.7 Å². The molecule has 3 N–H and O–H groups in total. The molecule has 2 amide bonds. The average Bonchev–Trinajstić information content (AvgIpc) is 3.47. The molecule has 3 rings (SSSR count). The molecule has 1 aliphatic carbocycles. The Morgan fingerprint density at radius 1 is 1.18 bits per heavy atom. The summed E-state index contributed by atoms with van der Waals surface area (Å²) in [5.41, 5.74) is 2.26. The van der Waals surface area contributed by atoms with Gasteiger partial charge in [0.25, 0.3) is 0 Å². The van der Waals surface area contributed by atoms with E-state index in [0.717, 1.165) is 49.4 Å². The van der Waals surface area contributed by atoms with Crippen molar-refractivity contribution < 1.29 is 9.59 Å². The maximum atomic E-state index is 11.8.